The second-order valence-electron chi connectivity index (χ2n) is 6.10. The zero-order valence-corrected chi connectivity index (χ0v) is 14.7. The summed E-state index contributed by atoms with van der Waals surface area (Å²) in [6, 6.07) is 3.97. The van der Waals surface area contributed by atoms with E-state index in [0.717, 1.165) is 16.9 Å². The summed E-state index contributed by atoms with van der Waals surface area (Å²) < 4.78 is 7.23. The second-order valence-corrected chi connectivity index (χ2v) is 6.10. The molecule has 1 aliphatic rings. The topological polar surface area (TPSA) is 127 Å². The van der Waals surface area contributed by atoms with Crippen LogP contribution in [0.3, 0.4) is 0 Å². The van der Waals surface area contributed by atoms with E-state index < -0.39 is 5.92 Å². The molecule has 0 radical (unpaired) electrons. The van der Waals surface area contributed by atoms with E-state index in [-0.39, 0.29) is 0 Å². The predicted molar refractivity (Wildman–Crippen MR) is 101 cm³/mol. The first-order valence-electron chi connectivity index (χ1n) is 8.34. The average molecular weight is 365 g/mol. The minimum atomic E-state index is -0.482. The highest BCUT2D eigenvalue weighted by Gasteiger charge is 2.23. The zero-order chi connectivity index (χ0) is 18.8. The van der Waals surface area contributed by atoms with Crippen LogP contribution in [-0.2, 0) is 17.9 Å². The van der Waals surface area contributed by atoms with E-state index >= 15 is 0 Å². The first kappa shape index (κ1) is 17.1. The number of ether oxygens (including phenoxy) is 1. The molecule has 0 atom stereocenters. The summed E-state index contributed by atoms with van der Waals surface area (Å²) in [6.45, 7) is 1.03. The number of methoxy groups -OCH3 is 1. The van der Waals surface area contributed by atoms with Gasteiger partial charge in [-0.3, -0.25) is 10.4 Å². The van der Waals surface area contributed by atoms with Crippen LogP contribution in [0.5, 0.6) is 0 Å². The smallest absolute Gasteiger partial charge is 0.189 e. The Hall–Kier alpha value is -3.37. The number of pyridine rings is 1. The van der Waals surface area contributed by atoms with E-state index in [1.165, 1.54) is 12.4 Å². The summed E-state index contributed by atoms with van der Waals surface area (Å²) in [5.41, 5.74) is 9.47. The number of nitrogens with one attached hydrogen (secondary N) is 4. The van der Waals surface area contributed by atoms with Crippen LogP contribution < -0.4 is 16.0 Å². The minimum Gasteiger partial charge on any atom is -0.378 e. The summed E-state index contributed by atoms with van der Waals surface area (Å²) in [5.74, 6) is 0.754. The van der Waals surface area contributed by atoms with E-state index in [4.69, 9.17) is 15.6 Å². The number of hydrogen-bond donors (Lipinski definition) is 4. The highest BCUT2D eigenvalue weighted by molar-refractivity contribution is 5.87. The van der Waals surface area contributed by atoms with Gasteiger partial charge in [0.15, 0.2) is 11.6 Å². The fourth-order valence-electron chi connectivity index (χ4n) is 2.94. The van der Waals surface area contributed by atoms with Crippen molar-refractivity contribution >= 4 is 29.7 Å². The first-order chi connectivity index (χ1) is 13.2. The van der Waals surface area contributed by atoms with Crippen molar-refractivity contribution in [2.75, 3.05) is 17.5 Å². The van der Waals surface area contributed by atoms with Crippen molar-refractivity contribution < 1.29 is 4.74 Å². The van der Waals surface area contributed by atoms with Crippen LogP contribution in [0.25, 0.3) is 5.65 Å². The van der Waals surface area contributed by atoms with E-state index in [1.807, 2.05) is 27.7 Å². The number of imidazole rings is 1. The molecule has 0 amide bonds. The van der Waals surface area contributed by atoms with Crippen molar-refractivity contribution in [3.8, 4) is 0 Å². The van der Waals surface area contributed by atoms with Gasteiger partial charge in [-0.05, 0) is 11.6 Å². The van der Waals surface area contributed by atoms with Gasteiger partial charge in [0, 0.05) is 25.7 Å². The number of nitrogens with zero attached hydrogens (tertiary/aromatic N) is 5. The second kappa shape index (κ2) is 7.09. The van der Waals surface area contributed by atoms with E-state index in [0.29, 0.717) is 30.5 Å². The fraction of sp³-hybridized carbons (Fsp3) is 0.235. The number of anilines is 2. The lowest BCUT2D eigenvalue weighted by Gasteiger charge is -2.17. The van der Waals surface area contributed by atoms with Gasteiger partial charge in [0.1, 0.15) is 5.65 Å². The maximum atomic E-state index is 7.43. The number of hydrogen-bond acceptors (Lipinski definition) is 9. The normalized spacial score (nSPS) is 14.0. The summed E-state index contributed by atoms with van der Waals surface area (Å²) in [5, 5.41) is 16.7. The standard InChI is InChI=1S/C17H19N9O/c1-27-10-13-6-20-15-3-2-11(8-25(13)15)9-26-17-16(23-24-26)21-7-14(22-17)12(4-18)5-19/h2-8,12,18-19,24H,9-10H2,1H3,(H,21,23). The fourth-order valence-corrected chi connectivity index (χ4v) is 2.94. The maximum absolute atomic E-state index is 7.43. The lowest BCUT2D eigenvalue weighted by Crippen LogP contribution is -2.35. The van der Waals surface area contributed by atoms with Gasteiger partial charge >= 0.3 is 0 Å². The number of rotatable bonds is 7. The lowest BCUT2D eigenvalue weighted by molar-refractivity contribution is 0.181. The van der Waals surface area contributed by atoms with Gasteiger partial charge in [-0.1, -0.05) is 6.07 Å². The van der Waals surface area contributed by atoms with Crippen LogP contribution >= 0.6 is 0 Å². The third kappa shape index (κ3) is 3.11. The van der Waals surface area contributed by atoms with Gasteiger partial charge in [0.2, 0.25) is 0 Å². The molecule has 0 bridgehead atoms. The lowest BCUT2D eigenvalue weighted by atomic mass is 10.1. The van der Waals surface area contributed by atoms with Crippen molar-refractivity contribution in [2.45, 2.75) is 19.1 Å². The summed E-state index contributed by atoms with van der Waals surface area (Å²) in [4.78, 5) is 13.3. The molecule has 0 aromatic carbocycles. The van der Waals surface area contributed by atoms with Crippen LogP contribution in [-0.4, -0.2) is 38.9 Å². The first-order valence-corrected chi connectivity index (χ1v) is 8.34. The van der Waals surface area contributed by atoms with Crippen LogP contribution in [0.15, 0.2) is 30.7 Å². The Labute approximate surface area is 155 Å². The number of fused-ring (bicyclic) bond motifs is 2. The molecule has 4 N–H and O–H groups in total. The van der Waals surface area contributed by atoms with Crippen molar-refractivity contribution in [3.05, 3.63) is 47.7 Å². The predicted octanol–water partition coefficient (Wildman–Crippen LogP) is 1.51. The Morgan fingerprint density at radius 2 is 2.07 bits per heavy atom. The third-order valence-corrected chi connectivity index (χ3v) is 4.31. The Morgan fingerprint density at radius 3 is 2.85 bits per heavy atom. The molecule has 27 heavy (non-hydrogen) atoms. The largest absolute Gasteiger partial charge is 0.378 e. The Morgan fingerprint density at radius 1 is 1.22 bits per heavy atom. The molecule has 0 fully saturated rings. The average Bonchev–Trinajstić information content (AvgIpc) is 3.27. The quantitative estimate of drug-likeness (QED) is 0.467. The van der Waals surface area contributed by atoms with Crippen LogP contribution in [0.4, 0.5) is 11.6 Å². The van der Waals surface area contributed by atoms with Crippen molar-refractivity contribution in [1.82, 2.24) is 24.9 Å². The van der Waals surface area contributed by atoms with Gasteiger partial charge in [-0.25, -0.2) is 15.0 Å². The third-order valence-electron chi connectivity index (χ3n) is 4.31. The monoisotopic (exact) mass is 365 g/mol. The highest BCUT2D eigenvalue weighted by Crippen LogP contribution is 2.27. The number of aromatic nitrogens is 4. The molecule has 10 heteroatoms. The number of hydrazine groups is 2. The molecule has 0 aliphatic carbocycles. The molecule has 138 valence electrons. The minimum absolute atomic E-state index is 0.482. The van der Waals surface area contributed by atoms with Crippen molar-refractivity contribution in [2.24, 2.45) is 0 Å². The van der Waals surface area contributed by atoms with Gasteiger partial charge in [0.05, 0.1) is 42.9 Å². The molecule has 3 aromatic heterocycles. The summed E-state index contributed by atoms with van der Waals surface area (Å²) >= 11 is 0. The molecular weight excluding hydrogens is 346 g/mol. The molecule has 0 saturated heterocycles. The van der Waals surface area contributed by atoms with Gasteiger partial charge < -0.3 is 20.0 Å². The molecule has 10 nitrogen and oxygen atoms in total. The molecule has 4 heterocycles. The van der Waals surface area contributed by atoms with Gasteiger partial charge in [0.25, 0.3) is 0 Å². The van der Waals surface area contributed by atoms with Gasteiger partial charge in [-0.2, -0.15) is 0 Å². The molecule has 3 aromatic rings. The van der Waals surface area contributed by atoms with E-state index in [9.17, 15) is 0 Å². The summed E-state index contributed by atoms with van der Waals surface area (Å²) in [6.07, 6.45) is 7.75. The maximum Gasteiger partial charge on any atom is 0.189 e. The molecule has 0 unspecified atom stereocenters. The van der Waals surface area contributed by atoms with Crippen molar-refractivity contribution in [3.63, 3.8) is 0 Å². The van der Waals surface area contributed by atoms with Gasteiger partial charge in [-0.15, -0.1) is 5.53 Å². The molecule has 0 spiro atoms. The highest BCUT2D eigenvalue weighted by atomic mass is 16.5. The molecule has 4 rings (SSSR count). The molecular formula is C17H19N9O. The van der Waals surface area contributed by atoms with E-state index in [2.05, 4.69) is 25.9 Å². The Kier molecular flexibility index (Phi) is 4.48. The van der Waals surface area contributed by atoms with Crippen LogP contribution in [0, 0.1) is 10.8 Å². The molecule has 1 aliphatic heterocycles. The summed E-state index contributed by atoms with van der Waals surface area (Å²) in [7, 11) is 1.66. The zero-order valence-electron chi connectivity index (χ0n) is 14.7. The molecule has 0 saturated carbocycles. The Bertz CT molecular complexity index is 991. The van der Waals surface area contributed by atoms with Crippen LogP contribution in [0.1, 0.15) is 22.9 Å². The van der Waals surface area contributed by atoms with Crippen molar-refractivity contribution in [1.29, 1.82) is 10.8 Å². The SMILES string of the molecule is COCc1cnc2ccc(CN3NNc4ncc(C(C=N)C=N)nc43)cn12. The van der Waals surface area contributed by atoms with Crippen LogP contribution in [0.2, 0.25) is 0 Å². The van der Waals surface area contributed by atoms with E-state index in [1.54, 1.807) is 19.5 Å². The Balaban J connectivity index is 1.62.